The Kier molecular flexibility index (Phi) is 32.4. The Balaban J connectivity index is 0.748. The summed E-state index contributed by atoms with van der Waals surface area (Å²) in [4.78, 5) is 117. The van der Waals surface area contributed by atoms with E-state index in [1.165, 1.54) is 148 Å². The quantitative estimate of drug-likeness (QED) is 0.0171. The highest BCUT2D eigenvalue weighted by atomic mass is 31.2. The number of carbonyl (C=O) groups is 1. The first kappa shape index (κ1) is 99.5. The van der Waals surface area contributed by atoms with Gasteiger partial charge in [0.1, 0.15) is 42.5 Å². The number of aliphatic hydroxyl groups is 1. The Morgan fingerprint density at radius 3 is 1.28 bits per heavy atom. The molecule has 6 saturated heterocycles. The van der Waals surface area contributed by atoms with Gasteiger partial charge in [0.25, 0.3) is 11.1 Å². The molecule has 0 bridgehead atoms. The minimum atomic E-state index is -4.48. The molecule has 0 saturated carbocycles. The predicted octanol–water partition coefficient (Wildman–Crippen LogP) is -1.50. The van der Waals surface area contributed by atoms with Crippen LogP contribution in [0.4, 0.5) is 28.2 Å². The number of aromatic nitrogens is 14. The molecule has 13 heterocycles. The molecule has 0 aromatic carbocycles. The Bertz CT molecular complexity index is 5680. The zero-order valence-electron chi connectivity index (χ0n) is 74.1. The van der Waals surface area contributed by atoms with Crippen molar-refractivity contribution in [3.05, 3.63) is 107 Å². The number of anilines is 4. The van der Waals surface area contributed by atoms with E-state index in [9.17, 15) is 28.8 Å². The number of aryl methyl sites for hydroxylation is 1. The Hall–Kier alpha value is -8.00. The minimum absolute atomic E-state index is 0.00133. The van der Waals surface area contributed by atoms with Gasteiger partial charge in [0.05, 0.1) is 135 Å². The molecule has 0 radical (unpaired) electrons. The number of nitrogens with zero attached hydrogens (tertiary/aromatic N) is 24. The Labute approximate surface area is 745 Å². The first-order chi connectivity index (χ1) is 61.7. The molecule has 0 spiro atoms. The SMILES string of the molecule is Cc1cn(C2CN(C)CC(COP(=O)(N(C)C)N3CC(COP(=O)(N(C)C)N4CC(COP(=O)(N(C)C)N5CC(COP(=O)(N(C)C)N6CC(COP(=O)(N(C)C)N7CCN(C(=O)OCCOCCOCCO)CC7)OC(n7cnc8c(=O)[nH]c(N)nc87)C6)OC(n6ccc(N)nc6=O)C5)OC(n5cnc6c(N)ncnc65)C4)OC(n4ccc(N)nc4=O)C3)O2)c(=O)[nH]c1=O. The van der Waals surface area contributed by atoms with Crippen molar-refractivity contribution in [1.29, 1.82) is 0 Å². The number of nitrogens with one attached hydrogen (secondary N) is 2. The van der Waals surface area contributed by atoms with Gasteiger partial charge >= 0.3 is 61.5 Å². The van der Waals surface area contributed by atoms with E-state index in [4.69, 9.17) is 88.6 Å². The fourth-order valence-electron chi connectivity index (χ4n) is 15.5. The summed E-state index contributed by atoms with van der Waals surface area (Å²) in [6.07, 6.45) is -3.82. The van der Waals surface area contributed by atoms with Crippen molar-refractivity contribution < 1.29 is 93.2 Å². The standard InChI is InChI=1S/C70H115N30O25P5/c1-46-27-98(69(106)83-64(46)102)54-33-89(12)28-47(121-54)38-117-127(109,85(4)5)92-29-48(122-55(34-92)96-15-13-52(71)79-67(96)104)40-118-129(111,87(8)9)94-32-51(124-57(36-94)99-44-77-59-61(73)75-43-76-62(59)99)42-120-128(110,86(6)7)93-30-49(123-56(35-93)97-16-14-53(72)80-68(97)105)41-119-130(112,88(10)11)95-31-50(125-58(37-95)100-45-78-60-63(100)81-66(74)82-65(60)103)39-116-126(108,84(2)3)91-19-17-90(18-20-91)70(107)115-26-25-114-24-23-113-22-21-101/h13-16,27,43-45,47-51,54-58,101H,17-26,28-42H2,1-12H3,(H2,71,79,104)(H2,72,80,105)(H2,73,75,76)(H,83,102,106)(H3,74,81,82,103). The van der Waals surface area contributed by atoms with Crippen LogP contribution in [-0.4, -0.2) is 408 Å². The second-order valence-electron chi connectivity index (χ2n) is 32.4. The van der Waals surface area contributed by atoms with Crippen molar-refractivity contribution in [2.45, 2.75) is 68.6 Å². The molecule has 11 N–H and O–H groups in total. The van der Waals surface area contributed by atoms with Gasteiger partial charge in [0, 0.05) is 89.6 Å². The van der Waals surface area contributed by atoms with E-state index >= 15 is 22.8 Å². The van der Waals surface area contributed by atoms with Crippen LogP contribution in [0.1, 0.15) is 36.7 Å². The van der Waals surface area contributed by atoms with Gasteiger partial charge in [-0.25, -0.2) is 85.8 Å². The molecule has 15 unspecified atom stereocenters. The number of H-pyrrole nitrogens is 2. The molecular formula is C70H115N30O25P5. The fraction of sp³-hybridized carbons (Fsp3) is 0.671. The van der Waals surface area contributed by atoms with Crippen LogP contribution in [-0.2, 0) is 83.3 Å². The van der Waals surface area contributed by atoms with Gasteiger partial charge in [-0.1, -0.05) is 0 Å². The largest absolute Gasteiger partial charge is 0.447 e. The molecule has 55 nitrogen and oxygen atoms in total. The molecular weight excluding hydrogens is 1820 g/mol. The van der Waals surface area contributed by atoms with E-state index in [-0.39, 0.29) is 189 Å². The number of rotatable bonds is 38. The normalized spacial score (nSPS) is 25.4. The summed E-state index contributed by atoms with van der Waals surface area (Å²) >= 11 is 0. The fourth-order valence-corrected chi connectivity index (χ4v) is 25.4. The lowest BCUT2D eigenvalue weighted by Gasteiger charge is -2.46. The van der Waals surface area contributed by atoms with E-state index in [1.54, 1.807) is 51.4 Å². The third-order valence-electron chi connectivity index (χ3n) is 22.1. The third kappa shape index (κ3) is 22.3. The van der Waals surface area contributed by atoms with Crippen LogP contribution in [0.2, 0.25) is 0 Å². The van der Waals surface area contributed by atoms with Gasteiger partial charge < -0.3 is 93.5 Å². The smallest absolute Gasteiger partial charge is 0.409 e. The van der Waals surface area contributed by atoms with E-state index in [0.717, 1.165) is 9.13 Å². The molecule has 6 aliphatic rings. The van der Waals surface area contributed by atoms with Gasteiger partial charge in [-0.2, -0.15) is 15.0 Å². The van der Waals surface area contributed by atoms with Crippen LogP contribution in [0.15, 0.2) is 73.7 Å². The summed E-state index contributed by atoms with van der Waals surface area (Å²) in [5.74, 6) is -0.413. The summed E-state index contributed by atoms with van der Waals surface area (Å²) in [6, 6.07) is 2.75. The van der Waals surface area contributed by atoms with Gasteiger partial charge in [-0.15, -0.1) is 0 Å². The highest BCUT2D eigenvalue weighted by Gasteiger charge is 2.52. The van der Waals surface area contributed by atoms with E-state index in [0.29, 0.717) is 0 Å². The molecule has 13 rings (SSSR count). The molecule has 7 aromatic rings. The number of carbonyl (C=O) groups excluding carboxylic acids is 1. The summed E-state index contributed by atoms with van der Waals surface area (Å²) in [7, 11) is -4.38. The molecule has 720 valence electrons. The van der Waals surface area contributed by atoms with Crippen molar-refractivity contribution in [2.75, 3.05) is 265 Å². The topological polar surface area (TPSA) is 617 Å². The van der Waals surface area contributed by atoms with Crippen LogP contribution in [0.5, 0.6) is 0 Å². The average molecular weight is 1930 g/mol. The van der Waals surface area contributed by atoms with E-state index in [2.05, 4.69) is 44.9 Å². The van der Waals surface area contributed by atoms with Gasteiger partial charge in [-0.05, 0) is 96.6 Å². The number of imidazole rings is 2. The van der Waals surface area contributed by atoms with Crippen molar-refractivity contribution in [3.8, 4) is 0 Å². The number of nitrogen functional groups attached to an aromatic ring is 4. The number of hydrogen-bond donors (Lipinski definition) is 7. The number of hydrogen-bond acceptors (Lipinski definition) is 37. The molecule has 60 heteroatoms. The van der Waals surface area contributed by atoms with Gasteiger partial charge in [0.2, 0.25) is 5.95 Å². The number of amides is 1. The number of morpholine rings is 5. The molecule has 0 aliphatic carbocycles. The van der Waals surface area contributed by atoms with Crippen LogP contribution < -0.4 is 51.1 Å². The second-order valence-corrected chi connectivity index (χ2v) is 45.4. The lowest BCUT2D eigenvalue weighted by Crippen LogP contribution is -2.51. The molecule has 6 fully saturated rings. The molecule has 1 amide bonds. The molecule has 7 aromatic heterocycles. The lowest BCUT2D eigenvalue weighted by molar-refractivity contribution is -0.134. The van der Waals surface area contributed by atoms with Crippen molar-refractivity contribution in [3.63, 3.8) is 0 Å². The summed E-state index contributed by atoms with van der Waals surface area (Å²) in [6.45, 7) is -1.22. The third-order valence-corrected chi connectivity index (χ3v) is 34.9. The number of fused-ring (bicyclic) bond motifs is 2. The first-order valence-electron chi connectivity index (χ1n) is 41.4. The monoisotopic (exact) mass is 1930 g/mol. The molecule has 130 heavy (non-hydrogen) atoms. The van der Waals surface area contributed by atoms with Gasteiger partial charge in [-0.3, -0.25) is 70.1 Å². The highest BCUT2D eigenvalue weighted by Crippen LogP contribution is 2.61. The number of ether oxygens (including phenoxy) is 8. The Morgan fingerprint density at radius 2 is 0.854 bits per heavy atom. The summed E-state index contributed by atoms with van der Waals surface area (Å²) < 4.78 is 184. The minimum Gasteiger partial charge on any atom is -0.447 e. The molecule has 15 atom stereocenters. The van der Waals surface area contributed by atoms with Crippen molar-refractivity contribution in [1.82, 2.24) is 124 Å². The summed E-state index contributed by atoms with van der Waals surface area (Å²) in [5, 5.41) is 8.94. The van der Waals surface area contributed by atoms with Crippen molar-refractivity contribution >= 4 is 90.2 Å². The Morgan fingerprint density at radius 1 is 0.462 bits per heavy atom. The number of likely N-dealkylation sites (N-methyl/N-ethyl adjacent to an activating group) is 1. The lowest BCUT2D eigenvalue weighted by atomic mass is 10.2. The first-order valence-corrected chi connectivity index (χ1v) is 49.1. The van der Waals surface area contributed by atoms with Crippen LogP contribution in [0.25, 0.3) is 22.3 Å². The van der Waals surface area contributed by atoms with Crippen molar-refractivity contribution in [2.24, 2.45) is 0 Å². The van der Waals surface area contributed by atoms with E-state index in [1.807, 2.05) is 4.90 Å². The maximum Gasteiger partial charge on any atom is 0.409 e. The maximum atomic E-state index is 16.5. The predicted molar refractivity (Wildman–Crippen MR) is 467 cm³/mol. The average Bonchev–Trinajstić information content (AvgIpc) is 1.46. The van der Waals surface area contributed by atoms with E-state index < -0.39 is 161 Å². The second kappa shape index (κ2) is 42.3. The number of aliphatic hydroxyl groups excluding tert-OH is 1. The van der Waals surface area contributed by atoms with Crippen LogP contribution in [0, 0.1) is 6.92 Å². The maximum absolute atomic E-state index is 16.5. The zero-order valence-corrected chi connectivity index (χ0v) is 78.6. The van der Waals surface area contributed by atoms with Crippen LogP contribution >= 0.6 is 38.4 Å². The number of piperazine rings is 1. The molecule has 6 aliphatic heterocycles. The highest BCUT2D eigenvalue weighted by molar-refractivity contribution is 7.55. The zero-order chi connectivity index (χ0) is 93.6. The number of aromatic amines is 2. The van der Waals surface area contributed by atoms with Gasteiger partial charge in [0.15, 0.2) is 41.3 Å². The van der Waals surface area contributed by atoms with Crippen LogP contribution in [0.3, 0.4) is 0 Å². The summed E-state index contributed by atoms with van der Waals surface area (Å²) in [5.41, 5.74) is 21.5. The number of nitrogens with two attached hydrogens (primary N) is 4.